The molecule has 1 N–H and O–H groups in total. The predicted octanol–water partition coefficient (Wildman–Crippen LogP) is 3.33. The monoisotopic (exact) mass is 332 g/mol. The van der Waals surface area contributed by atoms with Gasteiger partial charge in [-0.25, -0.2) is 0 Å². The van der Waals surface area contributed by atoms with Crippen LogP contribution >= 0.6 is 0 Å². The zero-order chi connectivity index (χ0) is 17.4. The largest absolute Gasteiger partial charge is 0.493 e. The van der Waals surface area contributed by atoms with Crippen LogP contribution in [0.2, 0.25) is 0 Å². The van der Waals surface area contributed by atoms with E-state index >= 15 is 0 Å². The summed E-state index contributed by atoms with van der Waals surface area (Å²) in [6, 6.07) is 9.95. The van der Waals surface area contributed by atoms with Crippen LogP contribution in [0.25, 0.3) is 0 Å². The van der Waals surface area contributed by atoms with Crippen molar-refractivity contribution in [2.45, 2.75) is 40.0 Å². The van der Waals surface area contributed by atoms with Gasteiger partial charge in [-0.1, -0.05) is 39.0 Å². The van der Waals surface area contributed by atoms with Gasteiger partial charge in [0.25, 0.3) is 0 Å². The average Bonchev–Trinajstić information content (AvgIpc) is 2.53. The number of carbonyl (C=O) groups is 1. The Morgan fingerprint density at radius 1 is 1.29 bits per heavy atom. The highest BCUT2D eigenvalue weighted by Crippen LogP contribution is 2.19. The molecule has 0 aliphatic carbocycles. The topological polar surface area (TPSA) is 41.6 Å². The van der Waals surface area contributed by atoms with Crippen molar-refractivity contribution >= 4 is 5.91 Å². The first-order valence-corrected chi connectivity index (χ1v) is 9.09. The molecule has 1 heterocycles. The van der Waals surface area contributed by atoms with E-state index < -0.39 is 0 Å². The van der Waals surface area contributed by atoms with Crippen molar-refractivity contribution in [1.82, 2.24) is 10.2 Å². The minimum Gasteiger partial charge on any atom is -0.493 e. The lowest BCUT2D eigenvalue weighted by atomic mass is 9.92. The molecule has 1 fully saturated rings. The molecular formula is C20H32N2O2. The highest BCUT2D eigenvalue weighted by atomic mass is 16.5. The standard InChI is InChI=1S/C20H32N2O2/c1-20(2,3)11-12-21-19(23)15-22-13-7-8-17(14-22)16-24-18-9-5-4-6-10-18/h4-6,9-10,17H,7-8,11-16H2,1-3H3,(H,21,23). The third-order valence-electron chi connectivity index (χ3n) is 4.40. The second kappa shape index (κ2) is 9.07. The zero-order valence-corrected chi connectivity index (χ0v) is 15.4. The fourth-order valence-electron chi connectivity index (χ4n) is 3.00. The maximum Gasteiger partial charge on any atom is 0.234 e. The molecule has 1 atom stereocenters. The van der Waals surface area contributed by atoms with Gasteiger partial charge >= 0.3 is 0 Å². The van der Waals surface area contributed by atoms with Gasteiger partial charge in [-0.05, 0) is 43.4 Å². The van der Waals surface area contributed by atoms with Gasteiger partial charge in [-0.15, -0.1) is 0 Å². The van der Waals surface area contributed by atoms with Crippen molar-refractivity contribution in [3.8, 4) is 5.75 Å². The van der Waals surface area contributed by atoms with E-state index in [4.69, 9.17) is 4.74 Å². The number of carbonyl (C=O) groups excluding carboxylic acids is 1. The summed E-state index contributed by atoms with van der Waals surface area (Å²) >= 11 is 0. The molecule has 1 aliphatic rings. The third kappa shape index (κ3) is 7.35. The van der Waals surface area contributed by atoms with Gasteiger partial charge in [0.15, 0.2) is 0 Å². The van der Waals surface area contributed by atoms with E-state index in [9.17, 15) is 4.79 Å². The van der Waals surface area contributed by atoms with E-state index in [0.717, 1.165) is 44.8 Å². The maximum atomic E-state index is 12.1. The number of nitrogens with one attached hydrogen (secondary N) is 1. The summed E-state index contributed by atoms with van der Waals surface area (Å²) in [6.07, 6.45) is 3.32. The number of benzene rings is 1. The average molecular weight is 332 g/mol. The Bertz CT molecular complexity index is 496. The second-order valence-corrected chi connectivity index (χ2v) is 8.03. The van der Waals surface area contributed by atoms with Crippen LogP contribution in [0.1, 0.15) is 40.0 Å². The summed E-state index contributed by atoms with van der Waals surface area (Å²) in [5.41, 5.74) is 0.262. The molecule has 0 radical (unpaired) electrons. The van der Waals surface area contributed by atoms with E-state index in [-0.39, 0.29) is 11.3 Å². The van der Waals surface area contributed by atoms with Crippen LogP contribution in [-0.2, 0) is 4.79 Å². The van der Waals surface area contributed by atoms with E-state index in [0.29, 0.717) is 12.5 Å². The van der Waals surface area contributed by atoms with Crippen molar-refractivity contribution in [3.63, 3.8) is 0 Å². The first-order chi connectivity index (χ1) is 11.4. The molecule has 4 nitrogen and oxygen atoms in total. The Morgan fingerprint density at radius 3 is 2.75 bits per heavy atom. The lowest BCUT2D eigenvalue weighted by Crippen LogP contribution is -2.44. The number of hydrogen-bond acceptors (Lipinski definition) is 3. The van der Waals surface area contributed by atoms with E-state index in [2.05, 4.69) is 31.0 Å². The highest BCUT2D eigenvalue weighted by molar-refractivity contribution is 5.77. The van der Waals surface area contributed by atoms with Crippen LogP contribution < -0.4 is 10.1 Å². The van der Waals surface area contributed by atoms with Crippen molar-refractivity contribution in [1.29, 1.82) is 0 Å². The van der Waals surface area contributed by atoms with Gasteiger partial charge in [0.1, 0.15) is 5.75 Å². The molecule has 134 valence electrons. The normalized spacial score (nSPS) is 19.0. The van der Waals surface area contributed by atoms with Gasteiger partial charge in [0, 0.05) is 19.0 Å². The summed E-state index contributed by atoms with van der Waals surface area (Å²) in [4.78, 5) is 14.4. The molecule has 0 aromatic heterocycles. The van der Waals surface area contributed by atoms with Gasteiger partial charge in [-0.2, -0.15) is 0 Å². The molecule has 4 heteroatoms. The molecule has 1 aromatic rings. The Hall–Kier alpha value is -1.55. The molecule has 1 unspecified atom stereocenters. The number of piperidine rings is 1. The molecule has 24 heavy (non-hydrogen) atoms. The summed E-state index contributed by atoms with van der Waals surface area (Å²) in [5.74, 6) is 1.57. The molecular weight excluding hydrogens is 300 g/mol. The lowest BCUT2D eigenvalue weighted by molar-refractivity contribution is -0.122. The van der Waals surface area contributed by atoms with Gasteiger partial charge in [0.2, 0.25) is 5.91 Å². The van der Waals surface area contributed by atoms with Gasteiger partial charge < -0.3 is 10.1 Å². The van der Waals surface area contributed by atoms with Crippen LogP contribution in [0, 0.1) is 11.3 Å². The smallest absolute Gasteiger partial charge is 0.234 e. The molecule has 0 spiro atoms. The minimum absolute atomic E-state index is 0.142. The molecule has 1 aromatic carbocycles. The van der Waals surface area contributed by atoms with Crippen LogP contribution in [0.3, 0.4) is 0 Å². The fraction of sp³-hybridized carbons (Fsp3) is 0.650. The van der Waals surface area contributed by atoms with Crippen molar-refractivity contribution < 1.29 is 9.53 Å². The van der Waals surface area contributed by atoms with Crippen LogP contribution in [0.4, 0.5) is 0 Å². The molecule has 2 rings (SSSR count). The minimum atomic E-state index is 0.142. The molecule has 1 amide bonds. The second-order valence-electron chi connectivity index (χ2n) is 8.03. The zero-order valence-electron chi connectivity index (χ0n) is 15.4. The number of hydrogen-bond donors (Lipinski definition) is 1. The van der Waals surface area contributed by atoms with Gasteiger partial charge in [-0.3, -0.25) is 9.69 Å². The summed E-state index contributed by atoms with van der Waals surface area (Å²) in [7, 11) is 0. The van der Waals surface area contributed by atoms with Crippen molar-refractivity contribution in [3.05, 3.63) is 30.3 Å². The summed E-state index contributed by atoms with van der Waals surface area (Å²) < 4.78 is 5.87. The molecule has 1 saturated heterocycles. The lowest BCUT2D eigenvalue weighted by Gasteiger charge is -2.32. The fourth-order valence-corrected chi connectivity index (χ4v) is 3.00. The number of rotatable bonds is 7. The third-order valence-corrected chi connectivity index (χ3v) is 4.40. The Labute approximate surface area is 146 Å². The Morgan fingerprint density at radius 2 is 2.04 bits per heavy atom. The van der Waals surface area contributed by atoms with E-state index in [1.165, 1.54) is 6.42 Å². The van der Waals surface area contributed by atoms with E-state index in [1.54, 1.807) is 0 Å². The number of ether oxygens (including phenoxy) is 1. The maximum absolute atomic E-state index is 12.1. The quantitative estimate of drug-likeness (QED) is 0.833. The molecule has 1 aliphatic heterocycles. The summed E-state index contributed by atoms with van der Waals surface area (Å²) in [6.45, 7) is 10.5. The van der Waals surface area contributed by atoms with Crippen LogP contribution in [0.5, 0.6) is 5.75 Å². The van der Waals surface area contributed by atoms with Gasteiger partial charge in [0.05, 0.1) is 13.2 Å². The highest BCUT2D eigenvalue weighted by Gasteiger charge is 2.22. The Balaban J connectivity index is 1.67. The SMILES string of the molecule is CC(C)(C)CCNC(=O)CN1CCCC(COc2ccccc2)C1. The number of para-hydroxylation sites is 1. The first kappa shape index (κ1) is 18.8. The first-order valence-electron chi connectivity index (χ1n) is 9.09. The van der Waals surface area contributed by atoms with Crippen LogP contribution in [0.15, 0.2) is 30.3 Å². The van der Waals surface area contributed by atoms with Crippen LogP contribution in [-0.4, -0.2) is 43.6 Å². The summed E-state index contributed by atoms with van der Waals surface area (Å²) in [5, 5.41) is 3.05. The van der Waals surface area contributed by atoms with Crippen molar-refractivity contribution in [2.24, 2.45) is 11.3 Å². The predicted molar refractivity (Wildman–Crippen MR) is 98.2 cm³/mol. The number of amides is 1. The van der Waals surface area contributed by atoms with Crippen molar-refractivity contribution in [2.75, 3.05) is 32.8 Å². The van der Waals surface area contributed by atoms with E-state index in [1.807, 2.05) is 30.3 Å². The molecule has 0 bridgehead atoms. The number of nitrogens with zero attached hydrogens (tertiary/aromatic N) is 1. The number of likely N-dealkylation sites (tertiary alicyclic amines) is 1. The Kier molecular flexibility index (Phi) is 7.10. The molecule has 0 saturated carbocycles.